The van der Waals surface area contributed by atoms with E-state index in [1.54, 1.807) is 24.3 Å². The fraction of sp³-hybridized carbons (Fsp3) is 0.333. The molecule has 0 unspecified atom stereocenters. The maximum Gasteiger partial charge on any atom is 0.256 e. The molecule has 0 bridgehead atoms. The van der Waals surface area contributed by atoms with E-state index in [2.05, 4.69) is 0 Å². The topological polar surface area (TPSA) is 72.6 Å². The second-order valence-corrected chi connectivity index (χ2v) is 7.74. The quantitative estimate of drug-likeness (QED) is 0.769. The largest absolute Gasteiger partial charge is 0.493 e. The molecule has 154 valence electrons. The van der Waals surface area contributed by atoms with Crippen molar-refractivity contribution in [1.29, 1.82) is 0 Å². The van der Waals surface area contributed by atoms with E-state index in [0.29, 0.717) is 42.8 Å². The molecule has 2 N–H and O–H groups in total. The van der Waals surface area contributed by atoms with Gasteiger partial charge in [-0.25, -0.2) is 8.78 Å². The summed E-state index contributed by atoms with van der Waals surface area (Å²) in [7, 11) is 0. The summed E-state index contributed by atoms with van der Waals surface area (Å²) in [5.41, 5.74) is 4.74. The first kappa shape index (κ1) is 21.0. The average molecular weight is 423 g/mol. The molecule has 5 nitrogen and oxygen atoms in total. The van der Waals surface area contributed by atoms with E-state index >= 15 is 0 Å². The minimum absolute atomic E-state index is 0.119. The van der Waals surface area contributed by atoms with Crippen molar-refractivity contribution in [3.05, 3.63) is 64.7 Å². The molecule has 1 saturated heterocycles. The van der Waals surface area contributed by atoms with Crippen molar-refractivity contribution in [3.63, 3.8) is 0 Å². The summed E-state index contributed by atoms with van der Waals surface area (Å²) < 4.78 is 32.9. The Hall–Kier alpha value is -2.67. The Morgan fingerprint density at radius 1 is 1.10 bits per heavy atom. The van der Waals surface area contributed by atoms with Crippen LogP contribution in [0.5, 0.6) is 5.75 Å². The highest BCUT2D eigenvalue weighted by atomic mass is 35.5. The van der Waals surface area contributed by atoms with E-state index in [9.17, 15) is 18.4 Å². The molecule has 0 atom stereocenters. The number of hydrogen-bond donors (Lipinski definition) is 1. The number of amides is 2. The number of nitrogens with two attached hydrogens (primary N) is 1. The first-order valence-electron chi connectivity index (χ1n) is 9.19. The SMILES string of the molecule is NC(=O)CC1(COc2ccc(Cl)cc2)CCN(C(=O)c2ccc(F)cc2F)CC1. The number of primary amides is 1. The van der Waals surface area contributed by atoms with Gasteiger partial charge in [0, 0.05) is 36.0 Å². The van der Waals surface area contributed by atoms with Crippen LogP contribution in [0.15, 0.2) is 42.5 Å². The van der Waals surface area contributed by atoms with Crippen molar-refractivity contribution in [1.82, 2.24) is 4.90 Å². The van der Waals surface area contributed by atoms with Gasteiger partial charge >= 0.3 is 0 Å². The zero-order chi connectivity index (χ0) is 21.0. The van der Waals surface area contributed by atoms with Crippen LogP contribution in [0.1, 0.15) is 29.6 Å². The fourth-order valence-corrected chi connectivity index (χ4v) is 3.65. The third kappa shape index (κ3) is 5.23. The highest BCUT2D eigenvalue weighted by Crippen LogP contribution is 2.36. The summed E-state index contributed by atoms with van der Waals surface area (Å²) in [6.45, 7) is 0.879. The molecule has 2 aromatic rings. The molecule has 0 spiro atoms. The van der Waals surface area contributed by atoms with Crippen molar-refractivity contribution in [2.24, 2.45) is 11.1 Å². The standard InChI is InChI=1S/C21H21ClF2N2O3/c22-14-1-4-16(5-2-14)29-13-21(12-19(25)27)7-9-26(10-8-21)20(28)17-6-3-15(23)11-18(17)24/h1-6,11H,7-10,12-13H2,(H2,25,27). The minimum Gasteiger partial charge on any atom is -0.493 e. The summed E-state index contributed by atoms with van der Waals surface area (Å²) >= 11 is 5.87. The van der Waals surface area contributed by atoms with Crippen LogP contribution in [0.4, 0.5) is 8.78 Å². The third-order valence-corrected chi connectivity index (χ3v) is 5.43. The Morgan fingerprint density at radius 3 is 2.34 bits per heavy atom. The van der Waals surface area contributed by atoms with Crippen molar-refractivity contribution >= 4 is 23.4 Å². The molecule has 8 heteroatoms. The molecular weight excluding hydrogens is 402 g/mol. The molecule has 0 radical (unpaired) electrons. The van der Waals surface area contributed by atoms with Crippen LogP contribution < -0.4 is 10.5 Å². The molecule has 0 aromatic heterocycles. The lowest BCUT2D eigenvalue weighted by atomic mass is 9.76. The summed E-state index contributed by atoms with van der Waals surface area (Å²) in [6, 6.07) is 9.76. The number of rotatable bonds is 6. The van der Waals surface area contributed by atoms with Gasteiger partial charge in [0.05, 0.1) is 12.2 Å². The summed E-state index contributed by atoms with van der Waals surface area (Å²) in [5, 5.41) is 0.587. The van der Waals surface area contributed by atoms with Crippen LogP contribution in [0, 0.1) is 17.0 Å². The molecule has 1 heterocycles. The molecule has 0 aliphatic carbocycles. The molecule has 0 saturated carbocycles. The van der Waals surface area contributed by atoms with Crippen molar-refractivity contribution < 1.29 is 23.1 Å². The van der Waals surface area contributed by atoms with E-state index in [-0.39, 0.29) is 18.6 Å². The number of benzene rings is 2. The van der Waals surface area contributed by atoms with Gasteiger partial charge in [-0.1, -0.05) is 11.6 Å². The van der Waals surface area contributed by atoms with Crippen molar-refractivity contribution in [3.8, 4) is 5.75 Å². The Labute approximate surface area is 172 Å². The summed E-state index contributed by atoms with van der Waals surface area (Å²) in [5.74, 6) is -1.97. The van der Waals surface area contributed by atoms with Gasteiger partial charge in [-0.3, -0.25) is 9.59 Å². The second kappa shape index (κ2) is 8.78. The van der Waals surface area contributed by atoms with Crippen molar-refractivity contribution in [2.45, 2.75) is 19.3 Å². The van der Waals surface area contributed by atoms with Gasteiger partial charge in [0.2, 0.25) is 5.91 Å². The monoisotopic (exact) mass is 422 g/mol. The number of carbonyl (C=O) groups excluding carboxylic acids is 2. The predicted molar refractivity (Wildman–Crippen MR) is 105 cm³/mol. The number of ether oxygens (including phenoxy) is 1. The lowest BCUT2D eigenvalue weighted by Gasteiger charge is -2.41. The normalized spacial score (nSPS) is 15.8. The molecule has 3 rings (SSSR count). The number of piperidine rings is 1. The third-order valence-electron chi connectivity index (χ3n) is 5.18. The number of hydrogen-bond acceptors (Lipinski definition) is 3. The maximum atomic E-state index is 13.9. The number of likely N-dealkylation sites (tertiary alicyclic amines) is 1. The van der Waals surface area contributed by atoms with Gasteiger partial charge in [0.15, 0.2) is 0 Å². The number of carbonyl (C=O) groups is 2. The zero-order valence-electron chi connectivity index (χ0n) is 15.7. The van der Waals surface area contributed by atoms with Gasteiger partial charge < -0.3 is 15.4 Å². The molecule has 2 aromatic carbocycles. The van der Waals surface area contributed by atoms with E-state index in [1.807, 2.05) is 0 Å². The van der Waals surface area contributed by atoms with Crippen LogP contribution in [-0.4, -0.2) is 36.4 Å². The second-order valence-electron chi connectivity index (χ2n) is 7.30. The van der Waals surface area contributed by atoms with Gasteiger partial charge in [-0.2, -0.15) is 0 Å². The van der Waals surface area contributed by atoms with Crippen LogP contribution in [0.2, 0.25) is 5.02 Å². The molecule has 1 fully saturated rings. The number of halogens is 3. The fourth-order valence-electron chi connectivity index (χ4n) is 3.53. The Morgan fingerprint density at radius 2 is 1.76 bits per heavy atom. The number of nitrogens with zero attached hydrogens (tertiary/aromatic N) is 1. The first-order valence-corrected chi connectivity index (χ1v) is 9.57. The van der Waals surface area contributed by atoms with Crippen LogP contribution in [0.25, 0.3) is 0 Å². The lowest BCUT2D eigenvalue weighted by molar-refractivity contribution is -0.121. The molecule has 2 amide bonds. The zero-order valence-corrected chi connectivity index (χ0v) is 16.4. The summed E-state index contributed by atoms with van der Waals surface area (Å²) in [4.78, 5) is 25.7. The smallest absolute Gasteiger partial charge is 0.256 e. The predicted octanol–water partition coefficient (Wildman–Crippen LogP) is 3.80. The van der Waals surface area contributed by atoms with Crippen LogP contribution in [0.3, 0.4) is 0 Å². The van der Waals surface area contributed by atoms with Gasteiger partial charge in [-0.15, -0.1) is 0 Å². The minimum atomic E-state index is -0.893. The van der Waals surface area contributed by atoms with E-state index < -0.39 is 28.9 Å². The van der Waals surface area contributed by atoms with Crippen LogP contribution >= 0.6 is 11.6 Å². The van der Waals surface area contributed by atoms with E-state index in [0.717, 1.165) is 12.1 Å². The molecule has 1 aliphatic rings. The maximum absolute atomic E-state index is 13.9. The Bertz CT molecular complexity index is 897. The van der Waals surface area contributed by atoms with Gasteiger partial charge in [0.1, 0.15) is 17.4 Å². The van der Waals surface area contributed by atoms with Crippen molar-refractivity contribution in [2.75, 3.05) is 19.7 Å². The van der Waals surface area contributed by atoms with Gasteiger partial charge in [-0.05, 0) is 49.2 Å². The highest BCUT2D eigenvalue weighted by Gasteiger charge is 2.38. The lowest BCUT2D eigenvalue weighted by Crippen LogP contribution is -2.47. The Kier molecular flexibility index (Phi) is 6.37. The molecule has 1 aliphatic heterocycles. The highest BCUT2D eigenvalue weighted by molar-refractivity contribution is 6.30. The van der Waals surface area contributed by atoms with Crippen LogP contribution in [-0.2, 0) is 4.79 Å². The summed E-state index contributed by atoms with van der Waals surface area (Å²) in [6.07, 6.45) is 1.06. The average Bonchev–Trinajstić information content (AvgIpc) is 2.67. The first-order chi connectivity index (χ1) is 13.8. The molecular formula is C21H21ClF2N2O3. The van der Waals surface area contributed by atoms with Gasteiger partial charge in [0.25, 0.3) is 5.91 Å². The van der Waals surface area contributed by atoms with E-state index in [1.165, 1.54) is 4.90 Å². The van der Waals surface area contributed by atoms with E-state index in [4.69, 9.17) is 22.1 Å². The molecule has 29 heavy (non-hydrogen) atoms. The Balaban J connectivity index is 1.67.